The largest absolute Gasteiger partial charge is 0.390 e. The van der Waals surface area contributed by atoms with Crippen molar-refractivity contribution in [2.24, 2.45) is 11.1 Å². The van der Waals surface area contributed by atoms with Crippen LogP contribution in [0, 0.1) is 12.3 Å². The number of aromatic nitrogens is 2. The molecule has 0 bridgehead atoms. The van der Waals surface area contributed by atoms with E-state index in [1.54, 1.807) is 13.2 Å². The zero-order valence-corrected chi connectivity index (χ0v) is 18.9. The molecule has 0 amide bonds. The molecule has 1 aromatic heterocycles. The predicted octanol–water partition coefficient (Wildman–Crippen LogP) is 3.97. The normalized spacial score (nSPS) is 23.3. The third kappa shape index (κ3) is 3.80. The molecular formula is C22H28Cl2N4O2. The second-order valence-electron chi connectivity index (χ2n) is 8.44. The van der Waals surface area contributed by atoms with E-state index in [1.165, 1.54) is 0 Å². The molecule has 1 aromatic carbocycles. The van der Waals surface area contributed by atoms with E-state index >= 15 is 0 Å². The van der Waals surface area contributed by atoms with E-state index in [0.717, 1.165) is 55.8 Å². The maximum absolute atomic E-state index is 10.0. The number of methoxy groups -OCH3 is 1. The Labute approximate surface area is 187 Å². The summed E-state index contributed by atoms with van der Waals surface area (Å²) in [7, 11) is 1.77. The fourth-order valence-electron chi connectivity index (χ4n) is 4.98. The van der Waals surface area contributed by atoms with Crippen LogP contribution in [0.3, 0.4) is 0 Å². The van der Waals surface area contributed by atoms with Crippen LogP contribution < -0.4 is 10.6 Å². The monoisotopic (exact) mass is 450 g/mol. The number of nitrogens with zero attached hydrogens (tertiary/aromatic N) is 3. The molecule has 0 unspecified atom stereocenters. The lowest BCUT2D eigenvalue weighted by molar-refractivity contribution is 0.0890. The van der Waals surface area contributed by atoms with Gasteiger partial charge in [0.25, 0.3) is 0 Å². The van der Waals surface area contributed by atoms with Crippen molar-refractivity contribution in [2.75, 3.05) is 25.1 Å². The van der Waals surface area contributed by atoms with Gasteiger partial charge in [0.05, 0.1) is 34.1 Å². The van der Waals surface area contributed by atoms with Crippen LogP contribution in [0.4, 0.5) is 5.82 Å². The Morgan fingerprint density at radius 3 is 2.63 bits per heavy atom. The maximum atomic E-state index is 10.0. The molecular weight excluding hydrogens is 423 g/mol. The number of rotatable bonds is 4. The molecule has 2 atom stereocenters. The van der Waals surface area contributed by atoms with E-state index < -0.39 is 0 Å². The lowest BCUT2D eigenvalue weighted by Gasteiger charge is -2.42. The number of aryl methyl sites for hydroxylation is 1. The van der Waals surface area contributed by atoms with Crippen LogP contribution in [0.15, 0.2) is 18.2 Å². The molecule has 2 aliphatic rings. The number of ether oxygens (including phenoxy) is 1. The summed E-state index contributed by atoms with van der Waals surface area (Å²) in [6.45, 7) is 3.39. The first-order chi connectivity index (χ1) is 14.4. The maximum Gasteiger partial charge on any atom is 0.153 e. The highest BCUT2D eigenvalue weighted by atomic mass is 35.5. The van der Waals surface area contributed by atoms with Crippen molar-refractivity contribution in [1.82, 2.24) is 9.97 Å². The van der Waals surface area contributed by atoms with Crippen LogP contribution in [0.2, 0.25) is 10.0 Å². The topological polar surface area (TPSA) is 84.5 Å². The van der Waals surface area contributed by atoms with E-state index in [-0.39, 0.29) is 24.2 Å². The minimum absolute atomic E-state index is 0.132. The van der Waals surface area contributed by atoms with Crippen molar-refractivity contribution < 1.29 is 9.84 Å². The van der Waals surface area contributed by atoms with E-state index in [9.17, 15) is 5.11 Å². The van der Waals surface area contributed by atoms with Crippen LogP contribution in [-0.2, 0) is 11.3 Å². The summed E-state index contributed by atoms with van der Waals surface area (Å²) in [5.74, 6) is 0.738. The van der Waals surface area contributed by atoms with Gasteiger partial charge in [-0.25, -0.2) is 9.97 Å². The summed E-state index contributed by atoms with van der Waals surface area (Å²) in [4.78, 5) is 11.8. The van der Waals surface area contributed by atoms with Gasteiger partial charge in [-0.15, -0.1) is 0 Å². The molecule has 30 heavy (non-hydrogen) atoms. The summed E-state index contributed by atoms with van der Waals surface area (Å²) in [6.07, 6.45) is 4.17. The number of benzene rings is 1. The molecule has 1 aliphatic heterocycles. The average molecular weight is 451 g/mol. The number of halogens is 2. The van der Waals surface area contributed by atoms with Crippen LogP contribution >= 0.6 is 23.2 Å². The van der Waals surface area contributed by atoms with Crippen molar-refractivity contribution >= 4 is 29.0 Å². The third-order valence-corrected chi connectivity index (χ3v) is 7.63. The standard InChI is InChI=1S/C22H28Cl2N4O2/c1-13-20(15-4-3-5-16(23)19(15)24)27-17(12-29)21(26-13)28-8-6-22(7-9-28)11-14(30-2)10-18(22)25/h3-5,14,18,29H,6-12,25H2,1-2H3/t14-,18-/m1/s1. The average Bonchev–Trinajstić information content (AvgIpc) is 3.06. The van der Waals surface area contributed by atoms with Crippen LogP contribution in [0.5, 0.6) is 0 Å². The highest BCUT2D eigenvalue weighted by molar-refractivity contribution is 6.43. The lowest BCUT2D eigenvalue weighted by Crippen LogP contribution is -2.47. The Hall–Kier alpha value is -1.44. The van der Waals surface area contributed by atoms with E-state index in [2.05, 4.69) is 4.90 Å². The van der Waals surface area contributed by atoms with Gasteiger partial charge < -0.3 is 20.5 Å². The number of hydrogen-bond donors (Lipinski definition) is 2. The Kier molecular flexibility index (Phi) is 6.24. The van der Waals surface area contributed by atoms with E-state index in [1.807, 2.05) is 19.1 Å². The summed E-state index contributed by atoms with van der Waals surface area (Å²) in [6, 6.07) is 5.61. The first kappa shape index (κ1) is 21.8. The Balaban J connectivity index is 1.60. The number of anilines is 1. The minimum atomic E-state index is -0.194. The highest BCUT2D eigenvalue weighted by Gasteiger charge is 2.47. The van der Waals surface area contributed by atoms with Crippen molar-refractivity contribution in [1.29, 1.82) is 0 Å². The fourth-order valence-corrected chi connectivity index (χ4v) is 5.37. The van der Waals surface area contributed by atoms with Gasteiger partial charge in [-0.3, -0.25) is 0 Å². The number of piperidine rings is 1. The van der Waals surface area contributed by atoms with Gasteiger partial charge >= 0.3 is 0 Å². The first-order valence-electron chi connectivity index (χ1n) is 10.3. The van der Waals surface area contributed by atoms with E-state index in [4.69, 9.17) is 43.6 Å². The van der Waals surface area contributed by atoms with E-state index in [0.29, 0.717) is 21.4 Å². The number of nitrogens with two attached hydrogens (primary N) is 1. The molecule has 1 saturated heterocycles. The van der Waals surface area contributed by atoms with Crippen molar-refractivity contribution in [3.05, 3.63) is 39.6 Å². The minimum Gasteiger partial charge on any atom is -0.390 e. The summed E-state index contributed by atoms with van der Waals surface area (Å²) in [5.41, 5.74) is 9.29. The second kappa shape index (κ2) is 8.60. The van der Waals surface area contributed by atoms with Crippen molar-refractivity contribution in [2.45, 2.75) is 51.4 Å². The molecule has 1 spiro atoms. The molecule has 2 fully saturated rings. The number of aliphatic hydroxyl groups excluding tert-OH is 1. The van der Waals surface area contributed by atoms with Crippen LogP contribution in [0.1, 0.15) is 37.1 Å². The van der Waals surface area contributed by atoms with Gasteiger partial charge in [0.1, 0.15) is 5.69 Å². The Bertz CT molecular complexity index is 932. The van der Waals surface area contributed by atoms with Gasteiger partial charge in [0, 0.05) is 31.8 Å². The molecule has 4 rings (SSSR count). The van der Waals surface area contributed by atoms with Gasteiger partial charge in [0.2, 0.25) is 0 Å². The molecule has 1 saturated carbocycles. The summed E-state index contributed by atoms with van der Waals surface area (Å²) < 4.78 is 5.58. The van der Waals surface area contributed by atoms with Gasteiger partial charge in [-0.2, -0.15) is 0 Å². The van der Waals surface area contributed by atoms with Crippen LogP contribution in [0.25, 0.3) is 11.3 Å². The van der Waals surface area contributed by atoms with Crippen LogP contribution in [-0.4, -0.2) is 47.4 Å². The highest BCUT2D eigenvalue weighted by Crippen LogP contribution is 2.47. The van der Waals surface area contributed by atoms with Crippen molar-refractivity contribution in [3.8, 4) is 11.3 Å². The summed E-state index contributed by atoms with van der Waals surface area (Å²) in [5, 5.41) is 10.9. The molecule has 6 nitrogen and oxygen atoms in total. The molecule has 8 heteroatoms. The van der Waals surface area contributed by atoms with Gasteiger partial charge in [-0.1, -0.05) is 35.3 Å². The van der Waals surface area contributed by atoms with Crippen molar-refractivity contribution in [3.63, 3.8) is 0 Å². The predicted molar refractivity (Wildman–Crippen MR) is 120 cm³/mol. The smallest absolute Gasteiger partial charge is 0.153 e. The molecule has 1 aliphatic carbocycles. The number of aliphatic hydroxyl groups is 1. The third-order valence-electron chi connectivity index (χ3n) is 6.81. The molecule has 2 aromatic rings. The molecule has 3 N–H and O–H groups in total. The van der Waals surface area contributed by atoms with Gasteiger partial charge in [0.15, 0.2) is 5.82 Å². The SMILES string of the molecule is CO[C@@H]1C[C@@H](N)C2(CCN(c3nc(C)c(-c4cccc(Cl)c4Cl)nc3CO)CC2)C1. The second-order valence-corrected chi connectivity index (χ2v) is 9.23. The zero-order chi connectivity index (χ0) is 21.5. The molecule has 2 heterocycles. The number of hydrogen-bond acceptors (Lipinski definition) is 6. The first-order valence-corrected chi connectivity index (χ1v) is 11.1. The molecule has 0 radical (unpaired) electrons. The lowest BCUT2D eigenvalue weighted by atomic mass is 9.74. The quantitative estimate of drug-likeness (QED) is 0.732. The van der Waals surface area contributed by atoms with Gasteiger partial charge in [-0.05, 0) is 44.1 Å². The Morgan fingerprint density at radius 2 is 2.00 bits per heavy atom. The zero-order valence-electron chi connectivity index (χ0n) is 17.4. The Morgan fingerprint density at radius 1 is 1.27 bits per heavy atom. The molecule has 162 valence electrons. The fraction of sp³-hybridized carbons (Fsp3) is 0.545. The summed E-state index contributed by atoms with van der Waals surface area (Å²) >= 11 is 12.6.